The van der Waals surface area contributed by atoms with E-state index in [1.165, 1.54) is 6.07 Å². The van der Waals surface area contributed by atoms with Crippen LogP contribution >= 0.6 is 0 Å². The number of ether oxygens (including phenoxy) is 1. The normalized spacial score (nSPS) is 18.0. The lowest BCUT2D eigenvalue weighted by atomic mass is 10.2. The first-order chi connectivity index (χ1) is 9.16. The van der Waals surface area contributed by atoms with Crippen molar-refractivity contribution in [1.82, 2.24) is 5.32 Å². The minimum atomic E-state index is -1.07. The maximum atomic E-state index is 11.7. The minimum absolute atomic E-state index is 0.0560. The number of benzene rings is 1. The van der Waals surface area contributed by atoms with E-state index in [0.29, 0.717) is 6.54 Å². The van der Waals surface area contributed by atoms with Crippen molar-refractivity contribution < 1.29 is 19.4 Å². The van der Waals surface area contributed by atoms with Crippen LogP contribution in [-0.2, 0) is 4.74 Å². The van der Waals surface area contributed by atoms with E-state index in [4.69, 9.17) is 9.84 Å². The summed E-state index contributed by atoms with van der Waals surface area (Å²) >= 11 is 0. The Morgan fingerprint density at radius 3 is 2.84 bits per heavy atom. The van der Waals surface area contributed by atoms with Crippen LogP contribution in [0.25, 0.3) is 0 Å². The van der Waals surface area contributed by atoms with Gasteiger partial charge in [0.1, 0.15) is 0 Å². The first kappa shape index (κ1) is 13.4. The summed E-state index contributed by atoms with van der Waals surface area (Å²) in [6.07, 6.45) is 2.00. The predicted molar refractivity (Wildman–Crippen MR) is 69.4 cm³/mol. The molecule has 19 heavy (non-hydrogen) atoms. The summed E-state index contributed by atoms with van der Waals surface area (Å²) in [4.78, 5) is 22.7. The van der Waals surface area contributed by atoms with Gasteiger partial charge >= 0.3 is 12.0 Å². The van der Waals surface area contributed by atoms with Crippen molar-refractivity contribution in [3.63, 3.8) is 0 Å². The zero-order valence-corrected chi connectivity index (χ0v) is 10.4. The topological polar surface area (TPSA) is 87.7 Å². The molecule has 1 unspecified atom stereocenters. The number of nitrogens with one attached hydrogen (secondary N) is 2. The van der Waals surface area contributed by atoms with E-state index in [1.807, 2.05) is 0 Å². The summed E-state index contributed by atoms with van der Waals surface area (Å²) in [5.74, 6) is -1.07. The van der Waals surface area contributed by atoms with Gasteiger partial charge in [0.25, 0.3) is 0 Å². The molecule has 0 radical (unpaired) electrons. The molecule has 0 saturated carbocycles. The highest BCUT2D eigenvalue weighted by Crippen LogP contribution is 2.15. The van der Waals surface area contributed by atoms with Gasteiger partial charge in [-0.2, -0.15) is 0 Å². The van der Waals surface area contributed by atoms with E-state index < -0.39 is 12.0 Å². The van der Waals surface area contributed by atoms with Crippen LogP contribution in [0.15, 0.2) is 24.3 Å². The number of hydrogen-bond donors (Lipinski definition) is 3. The van der Waals surface area contributed by atoms with Gasteiger partial charge in [-0.25, -0.2) is 9.59 Å². The number of urea groups is 1. The van der Waals surface area contributed by atoms with Crippen LogP contribution in [-0.4, -0.2) is 36.4 Å². The van der Waals surface area contributed by atoms with E-state index in [9.17, 15) is 9.59 Å². The van der Waals surface area contributed by atoms with Crippen LogP contribution in [0.5, 0.6) is 0 Å². The molecule has 1 aliphatic rings. The van der Waals surface area contributed by atoms with Crippen molar-refractivity contribution >= 4 is 17.7 Å². The highest BCUT2D eigenvalue weighted by molar-refractivity contribution is 5.99. The molecule has 102 valence electrons. The van der Waals surface area contributed by atoms with E-state index >= 15 is 0 Å². The van der Waals surface area contributed by atoms with Crippen LogP contribution in [0.1, 0.15) is 23.2 Å². The fourth-order valence-electron chi connectivity index (χ4n) is 1.96. The zero-order valence-electron chi connectivity index (χ0n) is 10.4. The molecule has 1 fully saturated rings. The lowest BCUT2D eigenvalue weighted by Crippen LogP contribution is -2.35. The number of hydrogen-bond acceptors (Lipinski definition) is 3. The summed E-state index contributed by atoms with van der Waals surface area (Å²) < 4.78 is 5.38. The van der Waals surface area contributed by atoms with Gasteiger partial charge in [-0.05, 0) is 25.0 Å². The Morgan fingerprint density at radius 2 is 2.16 bits per heavy atom. The Bertz CT molecular complexity index is 469. The molecular formula is C13H16N2O4. The fraction of sp³-hybridized carbons (Fsp3) is 0.385. The molecule has 1 saturated heterocycles. The molecule has 0 aromatic heterocycles. The first-order valence-corrected chi connectivity index (χ1v) is 6.15. The van der Waals surface area contributed by atoms with Crippen LogP contribution in [0.3, 0.4) is 0 Å². The van der Waals surface area contributed by atoms with Crippen molar-refractivity contribution in [1.29, 1.82) is 0 Å². The van der Waals surface area contributed by atoms with Gasteiger partial charge in [-0.15, -0.1) is 0 Å². The van der Waals surface area contributed by atoms with Gasteiger partial charge in [0.2, 0.25) is 0 Å². The van der Waals surface area contributed by atoms with Crippen LogP contribution in [0.4, 0.5) is 10.5 Å². The van der Waals surface area contributed by atoms with Crippen molar-refractivity contribution in [2.45, 2.75) is 18.9 Å². The summed E-state index contributed by atoms with van der Waals surface area (Å²) in [6, 6.07) is 5.85. The molecule has 1 aromatic rings. The summed E-state index contributed by atoms with van der Waals surface area (Å²) in [6.45, 7) is 1.16. The molecule has 1 aromatic carbocycles. The third-order valence-electron chi connectivity index (χ3n) is 2.92. The van der Waals surface area contributed by atoms with E-state index in [1.54, 1.807) is 18.2 Å². The summed E-state index contributed by atoms with van der Waals surface area (Å²) in [5, 5.41) is 14.2. The number of amides is 2. The lowest BCUT2D eigenvalue weighted by Gasteiger charge is -2.12. The predicted octanol–water partition coefficient (Wildman–Crippen LogP) is 1.69. The minimum Gasteiger partial charge on any atom is -0.478 e. The van der Waals surface area contributed by atoms with Crippen LogP contribution in [0.2, 0.25) is 0 Å². The van der Waals surface area contributed by atoms with Gasteiger partial charge in [0.05, 0.1) is 17.4 Å². The summed E-state index contributed by atoms with van der Waals surface area (Å²) in [7, 11) is 0. The lowest BCUT2D eigenvalue weighted by molar-refractivity contribution is 0.0698. The molecule has 0 aliphatic carbocycles. The van der Waals surface area contributed by atoms with Crippen LogP contribution in [0, 0.1) is 0 Å². The second-order valence-electron chi connectivity index (χ2n) is 4.32. The van der Waals surface area contributed by atoms with Gasteiger partial charge < -0.3 is 20.5 Å². The SMILES string of the molecule is O=C(NCC1CCCO1)Nc1ccccc1C(=O)O. The Kier molecular flexibility index (Phi) is 4.35. The average molecular weight is 264 g/mol. The second-order valence-corrected chi connectivity index (χ2v) is 4.32. The summed E-state index contributed by atoms with van der Waals surface area (Å²) in [5.41, 5.74) is 0.342. The van der Waals surface area contributed by atoms with E-state index in [-0.39, 0.29) is 17.4 Å². The highest BCUT2D eigenvalue weighted by Gasteiger charge is 2.17. The number of carbonyl (C=O) groups excluding carboxylic acids is 1. The monoisotopic (exact) mass is 264 g/mol. The highest BCUT2D eigenvalue weighted by atomic mass is 16.5. The Balaban J connectivity index is 1.89. The maximum absolute atomic E-state index is 11.7. The number of para-hydroxylation sites is 1. The second kappa shape index (κ2) is 6.19. The largest absolute Gasteiger partial charge is 0.478 e. The first-order valence-electron chi connectivity index (χ1n) is 6.15. The molecule has 6 heteroatoms. The smallest absolute Gasteiger partial charge is 0.337 e. The Morgan fingerprint density at radius 1 is 1.37 bits per heavy atom. The molecule has 6 nitrogen and oxygen atoms in total. The number of carbonyl (C=O) groups is 2. The quantitative estimate of drug-likeness (QED) is 0.772. The van der Waals surface area contributed by atoms with Gasteiger partial charge in [0.15, 0.2) is 0 Å². The average Bonchev–Trinajstić information content (AvgIpc) is 2.90. The molecule has 0 spiro atoms. The van der Waals surface area contributed by atoms with Crippen LogP contribution < -0.4 is 10.6 Å². The number of carboxylic acid groups (broad SMARTS) is 1. The molecule has 2 amide bonds. The zero-order chi connectivity index (χ0) is 13.7. The molecule has 1 aliphatic heterocycles. The molecule has 1 heterocycles. The van der Waals surface area contributed by atoms with Gasteiger partial charge in [-0.3, -0.25) is 0 Å². The Hall–Kier alpha value is -2.08. The third kappa shape index (κ3) is 3.69. The number of rotatable bonds is 4. The van der Waals surface area contributed by atoms with Crippen molar-refractivity contribution in [2.24, 2.45) is 0 Å². The number of carboxylic acids is 1. The number of aromatic carboxylic acids is 1. The third-order valence-corrected chi connectivity index (χ3v) is 2.92. The molecular weight excluding hydrogens is 248 g/mol. The number of anilines is 1. The fourth-order valence-corrected chi connectivity index (χ4v) is 1.96. The molecule has 2 rings (SSSR count). The maximum Gasteiger partial charge on any atom is 0.337 e. The van der Waals surface area contributed by atoms with E-state index in [0.717, 1.165) is 19.4 Å². The van der Waals surface area contributed by atoms with Crippen molar-refractivity contribution in [2.75, 3.05) is 18.5 Å². The molecule has 3 N–H and O–H groups in total. The Labute approximate surface area is 110 Å². The molecule has 0 bridgehead atoms. The molecule has 1 atom stereocenters. The van der Waals surface area contributed by atoms with E-state index in [2.05, 4.69) is 10.6 Å². The van der Waals surface area contributed by atoms with Crippen molar-refractivity contribution in [3.05, 3.63) is 29.8 Å². The van der Waals surface area contributed by atoms with Gasteiger partial charge in [-0.1, -0.05) is 12.1 Å². The van der Waals surface area contributed by atoms with Gasteiger partial charge in [0, 0.05) is 13.2 Å². The van der Waals surface area contributed by atoms with Crippen molar-refractivity contribution in [3.8, 4) is 0 Å². The standard InChI is InChI=1S/C13H16N2O4/c16-12(17)10-5-1-2-6-11(10)15-13(18)14-8-9-4-3-7-19-9/h1-2,5-6,9H,3-4,7-8H2,(H,16,17)(H2,14,15,18).